The van der Waals surface area contributed by atoms with Gasteiger partial charge in [-0.1, -0.05) is 32.6 Å². The maximum Gasteiger partial charge on any atom is 0.335 e. The predicted molar refractivity (Wildman–Crippen MR) is 94.0 cm³/mol. The van der Waals surface area contributed by atoms with Crippen LogP contribution in [0.3, 0.4) is 0 Å². The molecule has 134 valence electrons. The number of benzene rings is 1. The number of aromatic carboxylic acids is 1. The Bertz CT molecular complexity index is 667. The van der Waals surface area contributed by atoms with E-state index in [1.165, 1.54) is 18.2 Å². The molecule has 1 aliphatic rings. The Hall–Kier alpha value is -1.60. The van der Waals surface area contributed by atoms with Crippen molar-refractivity contribution in [2.75, 3.05) is 11.9 Å². The summed E-state index contributed by atoms with van der Waals surface area (Å²) in [6, 6.07) is 4.13. The van der Waals surface area contributed by atoms with Gasteiger partial charge in [0, 0.05) is 12.6 Å². The van der Waals surface area contributed by atoms with Crippen molar-refractivity contribution in [3.63, 3.8) is 0 Å². The zero-order valence-corrected chi connectivity index (χ0v) is 14.9. The molecule has 3 N–H and O–H groups in total. The zero-order chi connectivity index (χ0) is 17.6. The first kappa shape index (κ1) is 18.7. The van der Waals surface area contributed by atoms with Crippen LogP contribution in [0.15, 0.2) is 23.1 Å². The molecule has 1 fully saturated rings. The number of carboxylic acids is 1. The third-order valence-corrected chi connectivity index (χ3v) is 5.85. The fraction of sp³-hybridized carbons (Fsp3) is 0.588. The van der Waals surface area contributed by atoms with E-state index in [0.717, 1.165) is 44.9 Å². The molecule has 0 saturated heterocycles. The van der Waals surface area contributed by atoms with Crippen LogP contribution in [0.2, 0.25) is 0 Å². The largest absolute Gasteiger partial charge is 0.478 e. The molecule has 1 aliphatic carbocycles. The van der Waals surface area contributed by atoms with Gasteiger partial charge in [-0.3, -0.25) is 0 Å². The van der Waals surface area contributed by atoms with Gasteiger partial charge in [0.15, 0.2) is 0 Å². The minimum atomic E-state index is -3.76. The smallest absolute Gasteiger partial charge is 0.335 e. The van der Waals surface area contributed by atoms with Gasteiger partial charge in [-0.05, 0) is 37.5 Å². The first-order chi connectivity index (χ1) is 11.4. The van der Waals surface area contributed by atoms with Crippen molar-refractivity contribution in [1.82, 2.24) is 4.72 Å². The van der Waals surface area contributed by atoms with E-state index in [9.17, 15) is 13.2 Å². The number of hydrogen-bond donors (Lipinski definition) is 3. The molecule has 1 aromatic carbocycles. The van der Waals surface area contributed by atoms with E-state index >= 15 is 0 Å². The average molecular weight is 354 g/mol. The van der Waals surface area contributed by atoms with Crippen LogP contribution in [0.25, 0.3) is 0 Å². The lowest BCUT2D eigenvalue weighted by molar-refractivity contribution is 0.0696. The Balaban J connectivity index is 2.28. The lowest BCUT2D eigenvalue weighted by Gasteiger charge is -2.23. The third-order valence-electron chi connectivity index (χ3n) is 4.29. The summed E-state index contributed by atoms with van der Waals surface area (Å²) < 4.78 is 28.3. The van der Waals surface area contributed by atoms with Gasteiger partial charge in [0.05, 0.1) is 11.3 Å². The average Bonchev–Trinajstić information content (AvgIpc) is 2.55. The van der Waals surface area contributed by atoms with Crippen molar-refractivity contribution in [2.45, 2.75) is 62.8 Å². The van der Waals surface area contributed by atoms with Gasteiger partial charge >= 0.3 is 5.97 Å². The molecule has 0 aromatic heterocycles. The number of hydrogen-bond acceptors (Lipinski definition) is 4. The maximum atomic E-state index is 12.8. The van der Waals surface area contributed by atoms with Gasteiger partial charge in [0.2, 0.25) is 10.0 Å². The van der Waals surface area contributed by atoms with Crippen molar-refractivity contribution in [3.8, 4) is 0 Å². The Labute approximate surface area is 143 Å². The van der Waals surface area contributed by atoms with E-state index < -0.39 is 16.0 Å². The molecule has 0 amide bonds. The standard InChI is InChI=1S/C17H26N2O4S/c1-2-3-11-18-15-10-9-13(17(20)21)12-16(15)24(22,23)19-14-7-5-4-6-8-14/h9-10,12,14,18-19H,2-8,11H2,1H3,(H,20,21). The van der Waals surface area contributed by atoms with Crippen LogP contribution in [0.4, 0.5) is 5.69 Å². The van der Waals surface area contributed by atoms with Gasteiger partial charge < -0.3 is 10.4 Å². The van der Waals surface area contributed by atoms with Crippen LogP contribution in [0.5, 0.6) is 0 Å². The third kappa shape index (κ3) is 4.95. The lowest BCUT2D eigenvalue weighted by atomic mass is 9.96. The van der Waals surface area contributed by atoms with Crippen LogP contribution in [-0.2, 0) is 10.0 Å². The number of anilines is 1. The molecule has 0 bridgehead atoms. The first-order valence-corrected chi connectivity index (χ1v) is 10.1. The highest BCUT2D eigenvalue weighted by Gasteiger charge is 2.25. The molecule has 7 heteroatoms. The van der Waals surface area contributed by atoms with Crippen molar-refractivity contribution >= 4 is 21.7 Å². The molecule has 0 aliphatic heterocycles. The van der Waals surface area contributed by atoms with Crippen LogP contribution < -0.4 is 10.0 Å². The summed E-state index contributed by atoms with van der Waals surface area (Å²) >= 11 is 0. The van der Waals surface area contributed by atoms with Crippen LogP contribution >= 0.6 is 0 Å². The molecule has 1 saturated carbocycles. The van der Waals surface area contributed by atoms with Crippen LogP contribution in [-0.4, -0.2) is 32.1 Å². The van der Waals surface area contributed by atoms with Gasteiger partial charge in [0.1, 0.15) is 4.90 Å². The first-order valence-electron chi connectivity index (χ1n) is 8.57. The summed E-state index contributed by atoms with van der Waals surface area (Å²) in [4.78, 5) is 11.2. The molecule has 2 rings (SSSR count). The lowest BCUT2D eigenvalue weighted by Crippen LogP contribution is -2.36. The number of unbranched alkanes of at least 4 members (excludes halogenated alkanes) is 1. The molecule has 24 heavy (non-hydrogen) atoms. The number of rotatable bonds is 8. The molecular formula is C17H26N2O4S. The number of nitrogens with one attached hydrogen (secondary N) is 2. The second-order valence-electron chi connectivity index (χ2n) is 6.25. The SMILES string of the molecule is CCCCNc1ccc(C(=O)O)cc1S(=O)(=O)NC1CCCCC1. The fourth-order valence-corrected chi connectivity index (χ4v) is 4.44. The van der Waals surface area contributed by atoms with E-state index in [4.69, 9.17) is 5.11 Å². The van der Waals surface area contributed by atoms with Gasteiger partial charge in [-0.15, -0.1) is 0 Å². The summed E-state index contributed by atoms with van der Waals surface area (Å²) in [5.74, 6) is -1.13. The van der Waals surface area contributed by atoms with Gasteiger partial charge in [0.25, 0.3) is 0 Å². The van der Waals surface area contributed by atoms with Gasteiger partial charge in [-0.2, -0.15) is 0 Å². The molecule has 6 nitrogen and oxygen atoms in total. The summed E-state index contributed by atoms with van der Waals surface area (Å²) in [6.45, 7) is 2.70. The number of sulfonamides is 1. The van der Waals surface area contributed by atoms with E-state index in [1.54, 1.807) is 0 Å². The molecular weight excluding hydrogens is 328 g/mol. The van der Waals surface area contributed by atoms with E-state index in [1.807, 2.05) is 0 Å². The van der Waals surface area contributed by atoms with Crippen molar-refractivity contribution < 1.29 is 18.3 Å². The van der Waals surface area contributed by atoms with E-state index in [2.05, 4.69) is 17.0 Å². The Morgan fingerprint density at radius 3 is 2.58 bits per heavy atom. The number of carbonyl (C=O) groups is 1. The van der Waals surface area contributed by atoms with E-state index in [0.29, 0.717) is 12.2 Å². The van der Waals surface area contributed by atoms with Crippen LogP contribution in [0.1, 0.15) is 62.2 Å². The second kappa shape index (κ2) is 8.48. The molecule has 1 aromatic rings. The summed E-state index contributed by atoms with van der Waals surface area (Å²) in [5, 5.41) is 12.3. The highest BCUT2D eigenvalue weighted by molar-refractivity contribution is 7.89. The highest BCUT2D eigenvalue weighted by atomic mass is 32.2. The molecule has 0 radical (unpaired) electrons. The maximum absolute atomic E-state index is 12.8. The highest BCUT2D eigenvalue weighted by Crippen LogP contribution is 2.25. The zero-order valence-electron chi connectivity index (χ0n) is 14.0. The van der Waals surface area contributed by atoms with Gasteiger partial charge in [-0.25, -0.2) is 17.9 Å². The quantitative estimate of drug-likeness (QED) is 0.623. The molecule has 0 unspecified atom stereocenters. The summed E-state index contributed by atoms with van der Waals surface area (Å²) in [7, 11) is -3.76. The minimum Gasteiger partial charge on any atom is -0.478 e. The molecule has 0 heterocycles. The number of carboxylic acid groups (broad SMARTS) is 1. The minimum absolute atomic E-state index is 0.0177. The Kier molecular flexibility index (Phi) is 6.62. The fourth-order valence-electron chi connectivity index (χ4n) is 2.93. The molecule has 0 spiro atoms. The molecule has 0 atom stereocenters. The van der Waals surface area contributed by atoms with Crippen molar-refractivity contribution in [2.24, 2.45) is 0 Å². The Morgan fingerprint density at radius 1 is 1.25 bits per heavy atom. The topological polar surface area (TPSA) is 95.5 Å². The summed E-state index contributed by atoms with van der Waals surface area (Å²) in [6.07, 6.45) is 6.73. The normalized spacial score (nSPS) is 16.0. The monoisotopic (exact) mass is 354 g/mol. The van der Waals surface area contributed by atoms with Crippen LogP contribution in [0, 0.1) is 0 Å². The van der Waals surface area contributed by atoms with Crippen molar-refractivity contribution in [1.29, 1.82) is 0 Å². The second-order valence-corrected chi connectivity index (χ2v) is 7.94. The Morgan fingerprint density at radius 2 is 1.96 bits per heavy atom. The van der Waals surface area contributed by atoms with E-state index in [-0.39, 0.29) is 16.5 Å². The summed E-state index contributed by atoms with van der Waals surface area (Å²) in [5.41, 5.74) is 0.428. The van der Waals surface area contributed by atoms with Crippen molar-refractivity contribution in [3.05, 3.63) is 23.8 Å². The predicted octanol–water partition coefficient (Wildman–Crippen LogP) is 3.21.